The molecule has 27 heavy (non-hydrogen) atoms. The van der Waals surface area contributed by atoms with Crippen molar-refractivity contribution in [3.8, 4) is 0 Å². The summed E-state index contributed by atoms with van der Waals surface area (Å²) in [7, 11) is 0. The van der Waals surface area contributed by atoms with Gasteiger partial charge < -0.3 is 4.90 Å². The highest BCUT2D eigenvalue weighted by atomic mass is 16.2. The van der Waals surface area contributed by atoms with Crippen molar-refractivity contribution < 1.29 is 4.79 Å². The Morgan fingerprint density at radius 2 is 1.93 bits per heavy atom. The molecule has 0 unspecified atom stereocenters. The molecule has 1 aromatic carbocycles. The van der Waals surface area contributed by atoms with Crippen LogP contribution >= 0.6 is 0 Å². The first-order chi connectivity index (χ1) is 13.1. The summed E-state index contributed by atoms with van der Waals surface area (Å²) in [6.07, 6.45) is 7.46. The van der Waals surface area contributed by atoms with Crippen LogP contribution in [-0.2, 0) is 17.9 Å². The lowest BCUT2D eigenvalue weighted by Crippen LogP contribution is -2.42. The van der Waals surface area contributed by atoms with Crippen LogP contribution < -0.4 is 5.56 Å². The Morgan fingerprint density at radius 3 is 2.67 bits per heavy atom. The number of carbonyl (C=O) groups excluding carboxylic acids is 1. The molecule has 1 fully saturated rings. The number of piperidine rings is 1. The molecule has 0 bridgehead atoms. The van der Waals surface area contributed by atoms with E-state index >= 15 is 0 Å². The molecule has 1 saturated heterocycles. The standard InChI is InChI=1S/C20H23N5O2/c1-15-10-21-24(12-15)13-16-6-8-23(9-7-16)19(26)14-25-20(27)18-5-3-2-4-17(18)11-22-25/h2-5,10-12,16H,6-9,13-14H2,1H3. The summed E-state index contributed by atoms with van der Waals surface area (Å²) < 4.78 is 3.25. The van der Waals surface area contributed by atoms with Crippen molar-refractivity contribution >= 4 is 16.7 Å². The van der Waals surface area contributed by atoms with Gasteiger partial charge in [-0.15, -0.1) is 0 Å². The molecule has 3 aromatic rings. The Bertz CT molecular complexity index is 1010. The summed E-state index contributed by atoms with van der Waals surface area (Å²) >= 11 is 0. The summed E-state index contributed by atoms with van der Waals surface area (Å²) in [5.74, 6) is 0.475. The fourth-order valence-electron chi connectivity index (χ4n) is 3.66. The number of aromatic nitrogens is 4. The van der Waals surface area contributed by atoms with E-state index in [0.717, 1.165) is 30.3 Å². The highest BCUT2D eigenvalue weighted by Gasteiger charge is 2.24. The van der Waals surface area contributed by atoms with Gasteiger partial charge in [-0.25, -0.2) is 4.68 Å². The number of amides is 1. The molecule has 1 amide bonds. The lowest BCUT2D eigenvalue weighted by atomic mass is 9.97. The van der Waals surface area contributed by atoms with E-state index in [0.29, 0.717) is 24.4 Å². The SMILES string of the molecule is Cc1cnn(CC2CCN(C(=O)Cn3ncc4ccccc4c3=O)CC2)c1. The van der Waals surface area contributed by atoms with Crippen LogP contribution in [0.3, 0.4) is 0 Å². The fourth-order valence-corrected chi connectivity index (χ4v) is 3.66. The van der Waals surface area contributed by atoms with Gasteiger partial charge in [-0.2, -0.15) is 10.2 Å². The van der Waals surface area contributed by atoms with Gasteiger partial charge in [0, 0.05) is 31.2 Å². The normalized spacial score (nSPS) is 15.4. The fraction of sp³-hybridized carbons (Fsp3) is 0.400. The number of fused-ring (bicyclic) bond motifs is 1. The number of carbonyl (C=O) groups is 1. The summed E-state index contributed by atoms with van der Waals surface area (Å²) in [5, 5.41) is 9.89. The van der Waals surface area contributed by atoms with Gasteiger partial charge in [0.05, 0.1) is 17.8 Å². The predicted molar refractivity (Wildman–Crippen MR) is 102 cm³/mol. The van der Waals surface area contributed by atoms with Gasteiger partial charge in [0.2, 0.25) is 5.91 Å². The molecular weight excluding hydrogens is 342 g/mol. The minimum Gasteiger partial charge on any atom is -0.341 e. The van der Waals surface area contributed by atoms with Crippen molar-refractivity contribution in [1.29, 1.82) is 0 Å². The molecule has 0 N–H and O–H groups in total. The molecule has 3 heterocycles. The van der Waals surface area contributed by atoms with Crippen molar-refractivity contribution in [3.05, 3.63) is 58.8 Å². The second-order valence-electron chi connectivity index (χ2n) is 7.26. The van der Waals surface area contributed by atoms with Crippen LogP contribution in [0.25, 0.3) is 10.8 Å². The first-order valence-electron chi connectivity index (χ1n) is 9.32. The molecule has 0 saturated carbocycles. The van der Waals surface area contributed by atoms with E-state index < -0.39 is 0 Å². The zero-order valence-electron chi connectivity index (χ0n) is 15.4. The molecule has 0 atom stereocenters. The second kappa shape index (κ2) is 7.34. The van der Waals surface area contributed by atoms with Crippen LogP contribution in [0, 0.1) is 12.8 Å². The monoisotopic (exact) mass is 365 g/mol. The van der Waals surface area contributed by atoms with E-state index in [1.807, 2.05) is 40.9 Å². The van der Waals surface area contributed by atoms with Crippen molar-refractivity contribution in [1.82, 2.24) is 24.5 Å². The lowest BCUT2D eigenvalue weighted by Gasteiger charge is -2.32. The predicted octanol–water partition coefficient (Wildman–Crippen LogP) is 1.84. The highest BCUT2D eigenvalue weighted by Crippen LogP contribution is 2.19. The van der Waals surface area contributed by atoms with E-state index in [1.54, 1.807) is 12.3 Å². The Kier molecular flexibility index (Phi) is 4.75. The third kappa shape index (κ3) is 3.77. The summed E-state index contributed by atoms with van der Waals surface area (Å²) in [6, 6.07) is 7.31. The van der Waals surface area contributed by atoms with Crippen LogP contribution in [-0.4, -0.2) is 43.5 Å². The number of nitrogens with zero attached hydrogens (tertiary/aromatic N) is 5. The van der Waals surface area contributed by atoms with E-state index in [2.05, 4.69) is 16.4 Å². The molecule has 4 rings (SSSR count). The van der Waals surface area contributed by atoms with Gasteiger partial charge in [-0.05, 0) is 37.3 Å². The highest BCUT2D eigenvalue weighted by molar-refractivity contribution is 5.81. The Hall–Kier alpha value is -2.96. The third-order valence-electron chi connectivity index (χ3n) is 5.22. The minimum atomic E-state index is -0.217. The van der Waals surface area contributed by atoms with E-state index in [9.17, 15) is 9.59 Å². The molecule has 0 spiro atoms. The topological polar surface area (TPSA) is 73.0 Å². The molecule has 1 aliphatic heterocycles. The number of likely N-dealkylation sites (tertiary alicyclic amines) is 1. The Morgan fingerprint density at radius 1 is 1.15 bits per heavy atom. The summed E-state index contributed by atoms with van der Waals surface area (Å²) in [4.78, 5) is 27.0. The Balaban J connectivity index is 1.37. The zero-order chi connectivity index (χ0) is 18.8. The van der Waals surface area contributed by atoms with Crippen molar-refractivity contribution in [3.63, 3.8) is 0 Å². The largest absolute Gasteiger partial charge is 0.341 e. The molecule has 1 aliphatic rings. The molecular formula is C20H23N5O2. The van der Waals surface area contributed by atoms with Gasteiger partial charge in [0.25, 0.3) is 5.56 Å². The molecule has 0 radical (unpaired) electrons. The maximum atomic E-state index is 12.6. The van der Waals surface area contributed by atoms with E-state index in [4.69, 9.17) is 0 Å². The van der Waals surface area contributed by atoms with Gasteiger partial charge >= 0.3 is 0 Å². The smallest absolute Gasteiger partial charge is 0.275 e. The Labute approximate surface area is 157 Å². The molecule has 140 valence electrons. The van der Waals surface area contributed by atoms with Crippen LogP contribution in [0.1, 0.15) is 18.4 Å². The number of rotatable bonds is 4. The molecule has 2 aromatic heterocycles. The first-order valence-corrected chi connectivity index (χ1v) is 9.32. The van der Waals surface area contributed by atoms with Crippen LogP contribution in [0.2, 0.25) is 0 Å². The van der Waals surface area contributed by atoms with E-state index in [1.165, 1.54) is 4.68 Å². The zero-order valence-corrected chi connectivity index (χ0v) is 15.4. The summed E-state index contributed by atoms with van der Waals surface area (Å²) in [6.45, 7) is 4.35. The second-order valence-corrected chi connectivity index (χ2v) is 7.26. The number of benzene rings is 1. The number of aryl methyl sites for hydroxylation is 1. The molecule has 7 nitrogen and oxygen atoms in total. The number of hydrogen-bond acceptors (Lipinski definition) is 4. The van der Waals surface area contributed by atoms with Crippen molar-refractivity contribution in [2.24, 2.45) is 5.92 Å². The number of hydrogen-bond donors (Lipinski definition) is 0. The molecule has 7 heteroatoms. The lowest BCUT2D eigenvalue weighted by molar-refractivity contribution is -0.133. The van der Waals surface area contributed by atoms with Gasteiger partial charge in [-0.1, -0.05) is 18.2 Å². The van der Waals surface area contributed by atoms with Crippen molar-refractivity contribution in [2.45, 2.75) is 32.9 Å². The van der Waals surface area contributed by atoms with Crippen LogP contribution in [0.4, 0.5) is 0 Å². The average Bonchev–Trinajstić information content (AvgIpc) is 3.09. The van der Waals surface area contributed by atoms with Gasteiger partial charge in [0.1, 0.15) is 6.54 Å². The maximum Gasteiger partial charge on any atom is 0.275 e. The van der Waals surface area contributed by atoms with Crippen LogP contribution in [0.15, 0.2) is 47.7 Å². The van der Waals surface area contributed by atoms with Crippen LogP contribution in [0.5, 0.6) is 0 Å². The van der Waals surface area contributed by atoms with Gasteiger partial charge in [0.15, 0.2) is 0 Å². The van der Waals surface area contributed by atoms with E-state index in [-0.39, 0.29) is 18.0 Å². The quantitative estimate of drug-likeness (QED) is 0.707. The third-order valence-corrected chi connectivity index (χ3v) is 5.22. The average molecular weight is 365 g/mol. The van der Waals surface area contributed by atoms with Gasteiger partial charge in [-0.3, -0.25) is 14.3 Å². The maximum absolute atomic E-state index is 12.6. The minimum absolute atomic E-state index is 0.00726. The van der Waals surface area contributed by atoms with Crippen molar-refractivity contribution in [2.75, 3.05) is 13.1 Å². The summed E-state index contributed by atoms with van der Waals surface area (Å²) in [5.41, 5.74) is 0.946. The first kappa shape index (κ1) is 17.5. The molecule has 0 aliphatic carbocycles.